The lowest BCUT2D eigenvalue weighted by molar-refractivity contribution is -0.120. The molecule has 2 aromatic carbocycles. The highest BCUT2D eigenvalue weighted by Gasteiger charge is 2.32. The SMILES string of the molecule is N#CCc1ccc(NC(=O)C2CCN(S(=O)(=O)c3ccc(F)cc3)CC2)cc1. The van der Waals surface area contributed by atoms with Crippen LogP contribution in [-0.4, -0.2) is 31.7 Å². The van der Waals surface area contributed by atoms with Gasteiger partial charge in [0.1, 0.15) is 5.82 Å². The average Bonchev–Trinajstić information content (AvgIpc) is 2.70. The van der Waals surface area contributed by atoms with Crippen LogP contribution < -0.4 is 5.32 Å². The number of halogens is 1. The van der Waals surface area contributed by atoms with Gasteiger partial charge in [-0.15, -0.1) is 0 Å². The Kier molecular flexibility index (Phi) is 6.07. The molecule has 0 aliphatic carbocycles. The molecule has 0 unspecified atom stereocenters. The van der Waals surface area contributed by atoms with Crippen molar-refractivity contribution in [1.82, 2.24) is 4.31 Å². The molecule has 0 aromatic heterocycles. The Bertz CT molecular complexity index is 975. The van der Waals surface area contributed by atoms with E-state index < -0.39 is 15.8 Å². The highest BCUT2D eigenvalue weighted by Crippen LogP contribution is 2.25. The highest BCUT2D eigenvalue weighted by molar-refractivity contribution is 7.89. The first-order chi connectivity index (χ1) is 13.4. The number of rotatable bonds is 5. The number of hydrogen-bond donors (Lipinski definition) is 1. The van der Waals surface area contributed by atoms with Crippen molar-refractivity contribution in [2.24, 2.45) is 5.92 Å². The van der Waals surface area contributed by atoms with Crippen LogP contribution in [0.5, 0.6) is 0 Å². The van der Waals surface area contributed by atoms with Crippen molar-refractivity contribution in [3.63, 3.8) is 0 Å². The first kappa shape index (κ1) is 20.0. The van der Waals surface area contributed by atoms with E-state index in [-0.39, 0.29) is 29.8 Å². The third-order valence-electron chi connectivity index (χ3n) is 4.78. The molecule has 0 spiro atoms. The maximum absolute atomic E-state index is 13.0. The summed E-state index contributed by atoms with van der Waals surface area (Å²) in [7, 11) is -3.69. The van der Waals surface area contributed by atoms with E-state index in [4.69, 9.17) is 5.26 Å². The zero-order valence-corrected chi connectivity index (χ0v) is 16.0. The number of nitriles is 1. The monoisotopic (exact) mass is 401 g/mol. The number of piperidine rings is 1. The number of carbonyl (C=O) groups excluding carboxylic acids is 1. The quantitative estimate of drug-likeness (QED) is 0.834. The number of anilines is 1. The number of sulfonamides is 1. The summed E-state index contributed by atoms with van der Waals surface area (Å²) in [6.45, 7) is 0.470. The second kappa shape index (κ2) is 8.50. The van der Waals surface area contributed by atoms with Gasteiger partial charge in [0.15, 0.2) is 0 Å². The molecule has 28 heavy (non-hydrogen) atoms. The van der Waals surface area contributed by atoms with Crippen LogP contribution in [0.3, 0.4) is 0 Å². The van der Waals surface area contributed by atoms with E-state index in [0.717, 1.165) is 17.7 Å². The fourth-order valence-electron chi connectivity index (χ4n) is 3.16. The Morgan fingerprint density at radius 3 is 2.29 bits per heavy atom. The van der Waals surface area contributed by atoms with Gasteiger partial charge in [-0.2, -0.15) is 9.57 Å². The summed E-state index contributed by atoms with van der Waals surface area (Å²) in [4.78, 5) is 12.5. The molecule has 1 fully saturated rings. The smallest absolute Gasteiger partial charge is 0.243 e. The predicted octanol–water partition coefficient (Wildman–Crippen LogP) is 2.93. The highest BCUT2D eigenvalue weighted by atomic mass is 32.2. The van der Waals surface area contributed by atoms with E-state index in [1.54, 1.807) is 24.3 Å². The van der Waals surface area contributed by atoms with E-state index in [9.17, 15) is 17.6 Å². The van der Waals surface area contributed by atoms with Gasteiger partial charge in [-0.3, -0.25) is 4.79 Å². The van der Waals surface area contributed by atoms with Gasteiger partial charge in [-0.1, -0.05) is 12.1 Å². The zero-order valence-electron chi connectivity index (χ0n) is 15.1. The normalized spacial score (nSPS) is 15.7. The lowest BCUT2D eigenvalue weighted by atomic mass is 9.97. The van der Waals surface area contributed by atoms with E-state index in [1.807, 2.05) is 0 Å². The molecule has 1 heterocycles. The Balaban J connectivity index is 1.58. The van der Waals surface area contributed by atoms with Crippen LogP contribution in [0.1, 0.15) is 18.4 Å². The van der Waals surface area contributed by atoms with Crippen molar-refractivity contribution in [2.45, 2.75) is 24.2 Å². The number of nitrogens with zero attached hydrogens (tertiary/aromatic N) is 2. The van der Waals surface area contributed by atoms with Crippen LogP contribution in [0.4, 0.5) is 10.1 Å². The fourth-order valence-corrected chi connectivity index (χ4v) is 4.63. The standard InChI is InChI=1S/C20H20FN3O3S/c21-17-3-7-19(8-4-17)28(26,27)24-13-10-16(11-14-24)20(25)23-18-5-1-15(2-6-18)9-12-22/h1-8,16H,9-11,13-14H2,(H,23,25). The molecule has 1 aliphatic rings. The molecule has 3 rings (SSSR count). The zero-order chi connectivity index (χ0) is 20.1. The van der Waals surface area contributed by atoms with Crippen LogP contribution in [-0.2, 0) is 21.2 Å². The van der Waals surface area contributed by atoms with Crippen LogP contribution >= 0.6 is 0 Å². The molecule has 8 heteroatoms. The lowest BCUT2D eigenvalue weighted by Crippen LogP contribution is -2.41. The number of carbonyl (C=O) groups is 1. The molecule has 0 saturated carbocycles. The fraction of sp³-hybridized carbons (Fsp3) is 0.300. The van der Waals surface area contributed by atoms with E-state index >= 15 is 0 Å². The average molecular weight is 401 g/mol. The van der Waals surface area contributed by atoms with Gasteiger partial charge in [0.2, 0.25) is 15.9 Å². The molecule has 0 atom stereocenters. The van der Waals surface area contributed by atoms with Crippen LogP contribution in [0, 0.1) is 23.1 Å². The molecule has 0 radical (unpaired) electrons. The number of benzene rings is 2. The number of nitrogens with one attached hydrogen (secondary N) is 1. The molecule has 0 bridgehead atoms. The van der Waals surface area contributed by atoms with Crippen molar-refractivity contribution in [3.05, 3.63) is 59.9 Å². The summed E-state index contributed by atoms with van der Waals surface area (Å²) < 4.78 is 39.6. The van der Waals surface area contributed by atoms with E-state index in [2.05, 4.69) is 11.4 Å². The van der Waals surface area contributed by atoms with Crippen molar-refractivity contribution >= 4 is 21.6 Å². The Hall–Kier alpha value is -2.76. The minimum Gasteiger partial charge on any atom is -0.326 e. The minimum atomic E-state index is -3.69. The molecule has 1 N–H and O–H groups in total. The van der Waals surface area contributed by atoms with Crippen molar-refractivity contribution in [1.29, 1.82) is 5.26 Å². The first-order valence-electron chi connectivity index (χ1n) is 8.92. The topological polar surface area (TPSA) is 90.3 Å². The predicted molar refractivity (Wildman–Crippen MR) is 102 cm³/mol. The molecule has 146 valence electrons. The van der Waals surface area contributed by atoms with Gasteiger partial charge in [0, 0.05) is 24.7 Å². The summed E-state index contributed by atoms with van der Waals surface area (Å²) in [5.74, 6) is -0.916. The van der Waals surface area contributed by atoms with Gasteiger partial charge in [-0.05, 0) is 54.8 Å². The Morgan fingerprint density at radius 2 is 1.71 bits per heavy atom. The summed E-state index contributed by atoms with van der Waals surface area (Å²) in [5, 5.41) is 11.5. The largest absolute Gasteiger partial charge is 0.326 e. The molecule has 1 saturated heterocycles. The molecular weight excluding hydrogens is 381 g/mol. The second-order valence-corrected chi connectivity index (χ2v) is 8.59. The van der Waals surface area contributed by atoms with Gasteiger partial charge in [0.25, 0.3) is 0 Å². The molecule has 2 aromatic rings. The van der Waals surface area contributed by atoms with E-state index in [0.29, 0.717) is 24.9 Å². The summed E-state index contributed by atoms with van der Waals surface area (Å²) in [6, 6.07) is 13.9. The number of amides is 1. The van der Waals surface area contributed by atoms with Gasteiger partial charge < -0.3 is 5.32 Å². The molecular formula is C20H20FN3O3S. The van der Waals surface area contributed by atoms with Gasteiger partial charge in [0.05, 0.1) is 17.4 Å². The minimum absolute atomic E-state index is 0.0502. The van der Waals surface area contributed by atoms with Crippen molar-refractivity contribution in [2.75, 3.05) is 18.4 Å². The van der Waals surface area contributed by atoms with Crippen LogP contribution in [0.15, 0.2) is 53.4 Å². The third kappa shape index (κ3) is 4.55. The van der Waals surface area contributed by atoms with Crippen molar-refractivity contribution < 1.29 is 17.6 Å². The molecule has 6 nitrogen and oxygen atoms in total. The van der Waals surface area contributed by atoms with Crippen LogP contribution in [0.2, 0.25) is 0 Å². The summed E-state index contributed by atoms with van der Waals surface area (Å²) >= 11 is 0. The lowest BCUT2D eigenvalue weighted by Gasteiger charge is -2.30. The third-order valence-corrected chi connectivity index (χ3v) is 6.69. The second-order valence-electron chi connectivity index (χ2n) is 6.65. The Labute approximate surface area is 163 Å². The maximum atomic E-state index is 13.0. The number of hydrogen-bond acceptors (Lipinski definition) is 4. The molecule has 1 aliphatic heterocycles. The first-order valence-corrected chi connectivity index (χ1v) is 10.4. The Morgan fingerprint density at radius 1 is 1.11 bits per heavy atom. The van der Waals surface area contributed by atoms with Crippen LogP contribution in [0.25, 0.3) is 0 Å². The summed E-state index contributed by atoms with van der Waals surface area (Å²) in [6.07, 6.45) is 1.15. The van der Waals surface area contributed by atoms with E-state index in [1.165, 1.54) is 16.4 Å². The van der Waals surface area contributed by atoms with Crippen molar-refractivity contribution in [3.8, 4) is 6.07 Å². The maximum Gasteiger partial charge on any atom is 0.243 e. The van der Waals surface area contributed by atoms with Gasteiger partial charge in [-0.25, -0.2) is 12.8 Å². The van der Waals surface area contributed by atoms with Gasteiger partial charge >= 0.3 is 0 Å². The molecule has 1 amide bonds. The summed E-state index contributed by atoms with van der Waals surface area (Å²) in [5.41, 5.74) is 1.52.